The highest BCUT2D eigenvalue weighted by Crippen LogP contribution is 2.21. The standard InChI is InChI=1S/C12H19F3N2O3/c1-11(2,3)20-10(18)17-7-9(8-17)16-19-6-4-5-12(13,14)15/h4-8H2,1-3H3. The first-order chi connectivity index (χ1) is 9.07. The third kappa shape index (κ3) is 6.63. The number of amides is 1. The molecule has 0 aromatic heterocycles. The van der Waals surface area contributed by atoms with Gasteiger partial charge in [0.2, 0.25) is 0 Å². The minimum absolute atomic E-state index is 0.0878. The summed E-state index contributed by atoms with van der Waals surface area (Å²) in [7, 11) is 0. The van der Waals surface area contributed by atoms with E-state index in [0.29, 0.717) is 5.71 Å². The van der Waals surface area contributed by atoms with Crippen molar-refractivity contribution in [2.45, 2.75) is 45.4 Å². The first kappa shape index (κ1) is 16.6. The van der Waals surface area contributed by atoms with Crippen molar-refractivity contribution in [3.63, 3.8) is 0 Å². The van der Waals surface area contributed by atoms with Gasteiger partial charge in [-0.2, -0.15) is 13.2 Å². The van der Waals surface area contributed by atoms with Crippen LogP contribution in [0.5, 0.6) is 0 Å². The van der Waals surface area contributed by atoms with E-state index in [-0.39, 0.29) is 26.1 Å². The summed E-state index contributed by atoms with van der Waals surface area (Å²) >= 11 is 0. The molecule has 0 saturated carbocycles. The maximum Gasteiger partial charge on any atom is 0.410 e. The van der Waals surface area contributed by atoms with E-state index >= 15 is 0 Å². The third-order valence-corrected chi connectivity index (χ3v) is 2.29. The number of nitrogens with zero attached hydrogens (tertiary/aromatic N) is 2. The number of alkyl halides is 3. The van der Waals surface area contributed by atoms with Crippen LogP contribution >= 0.6 is 0 Å². The molecule has 5 nitrogen and oxygen atoms in total. The number of oxime groups is 1. The number of hydrogen-bond acceptors (Lipinski definition) is 4. The molecule has 0 aliphatic carbocycles. The highest BCUT2D eigenvalue weighted by molar-refractivity contribution is 5.98. The quantitative estimate of drug-likeness (QED) is 0.592. The molecule has 116 valence electrons. The number of ether oxygens (including phenoxy) is 1. The smallest absolute Gasteiger partial charge is 0.410 e. The van der Waals surface area contributed by atoms with E-state index in [4.69, 9.17) is 9.57 Å². The SMILES string of the molecule is CC(C)(C)OC(=O)N1CC(=NOCCCC(F)(F)F)C1. The van der Waals surface area contributed by atoms with Crippen LogP contribution in [0.1, 0.15) is 33.6 Å². The fourth-order valence-electron chi connectivity index (χ4n) is 1.38. The van der Waals surface area contributed by atoms with Crippen molar-refractivity contribution in [2.24, 2.45) is 5.16 Å². The van der Waals surface area contributed by atoms with Crippen LogP contribution < -0.4 is 0 Å². The Kier molecular flexibility index (Phi) is 5.24. The Labute approximate surface area is 115 Å². The van der Waals surface area contributed by atoms with Gasteiger partial charge in [0.1, 0.15) is 12.2 Å². The number of carbonyl (C=O) groups is 1. The zero-order chi connectivity index (χ0) is 15.4. The van der Waals surface area contributed by atoms with Crippen molar-refractivity contribution in [3.05, 3.63) is 0 Å². The van der Waals surface area contributed by atoms with E-state index in [1.165, 1.54) is 4.90 Å². The molecule has 1 fully saturated rings. The summed E-state index contributed by atoms with van der Waals surface area (Å²) in [4.78, 5) is 17.8. The van der Waals surface area contributed by atoms with E-state index in [9.17, 15) is 18.0 Å². The molecule has 1 heterocycles. The Hall–Kier alpha value is -1.47. The molecule has 1 aliphatic rings. The van der Waals surface area contributed by atoms with Gasteiger partial charge in [0.05, 0.1) is 18.8 Å². The van der Waals surface area contributed by atoms with Crippen LogP contribution in [0.2, 0.25) is 0 Å². The zero-order valence-electron chi connectivity index (χ0n) is 11.8. The average Bonchev–Trinajstić information content (AvgIpc) is 2.15. The second-order valence-electron chi connectivity index (χ2n) is 5.55. The van der Waals surface area contributed by atoms with Gasteiger partial charge in [0.15, 0.2) is 0 Å². The molecule has 1 aliphatic heterocycles. The Morgan fingerprint density at radius 2 is 1.90 bits per heavy atom. The summed E-state index contributed by atoms with van der Waals surface area (Å²) in [6.07, 6.45) is -5.62. The van der Waals surface area contributed by atoms with Crippen molar-refractivity contribution < 1.29 is 27.5 Å². The van der Waals surface area contributed by atoms with Crippen molar-refractivity contribution >= 4 is 11.8 Å². The van der Waals surface area contributed by atoms with Gasteiger partial charge in [0, 0.05) is 6.42 Å². The monoisotopic (exact) mass is 296 g/mol. The van der Waals surface area contributed by atoms with Gasteiger partial charge in [0.25, 0.3) is 0 Å². The zero-order valence-corrected chi connectivity index (χ0v) is 11.8. The number of rotatable bonds is 4. The van der Waals surface area contributed by atoms with Crippen LogP contribution in [0.15, 0.2) is 5.16 Å². The highest BCUT2D eigenvalue weighted by atomic mass is 19.4. The summed E-state index contributed by atoms with van der Waals surface area (Å²) in [5, 5.41) is 3.68. The number of likely N-dealkylation sites (tertiary alicyclic amines) is 1. The van der Waals surface area contributed by atoms with Gasteiger partial charge in [-0.25, -0.2) is 4.79 Å². The largest absolute Gasteiger partial charge is 0.444 e. The van der Waals surface area contributed by atoms with Gasteiger partial charge in [-0.05, 0) is 27.2 Å². The highest BCUT2D eigenvalue weighted by Gasteiger charge is 2.31. The average molecular weight is 296 g/mol. The minimum Gasteiger partial charge on any atom is -0.444 e. The maximum absolute atomic E-state index is 11.8. The lowest BCUT2D eigenvalue weighted by Crippen LogP contribution is -2.52. The van der Waals surface area contributed by atoms with E-state index in [1.807, 2.05) is 0 Å². The van der Waals surface area contributed by atoms with Crippen molar-refractivity contribution in [3.8, 4) is 0 Å². The molecule has 1 rings (SSSR count). The van der Waals surface area contributed by atoms with Crippen LogP contribution in [-0.2, 0) is 9.57 Å². The molecule has 0 bridgehead atoms. The number of hydrogen-bond donors (Lipinski definition) is 0. The van der Waals surface area contributed by atoms with Crippen LogP contribution in [0.4, 0.5) is 18.0 Å². The fourth-order valence-corrected chi connectivity index (χ4v) is 1.38. The minimum atomic E-state index is -4.17. The molecule has 0 aromatic rings. The Bertz CT molecular complexity index is 367. The Morgan fingerprint density at radius 1 is 1.30 bits per heavy atom. The van der Waals surface area contributed by atoms with Gasteiger partial charge >= 0.3 is 12.3 Å². The van der Waals surface area contributed by atoms with E-state index in [0.717, 1.165) is 0 Å². The van der Waals surface area contributed by atoms with E-state index in [1.54, 1.807) is 20.8 Å². The summed E-state index contributed by atoms with van der Waals surface area (Å²) in [5.41, 5.74) is 0.0563. The molecule has 0 spiro atoms. The summed E-state index contributed by atoms with van der Waals surface area (Å²) in [6.45, 7) is 5.79. The molecule has 0 aromatic carbocycles. The molecule has 0 N–H and O–H groups in total. The van der Waals surface area contributed by atoms with Crippen LogP contribution in [0, 0.1) is 0 Å². The van der Waals surface area contributed by atoms with E-state index in [2.05, 4.69) is 5.16 Å². The predicted octanol–water partition coefficient (Wildman–Crippen LogP) is 2.95. The molecular formula is C12H19F3N2O3. The lowest BCUT2D eigenvalue weighted by molar-refractivity contribution is -0.137. The molecule has 0 atom stereocenters. The number of carbonyl (C=O) groups excluding carboxylic acids is 1. The third-order valence-electron chi connectivity index (χ3n) is 2.29. The molecule has 1 amide bonds. The Morgan fingerprint density at radius 3 is 2.40 bits per heavy atom. The molecule has 20 heavy (non-hydrogen) atoms. The summed E-state index contributed by atoms with van der Waals surface area (Å²) in [5.74, 6) is 0. The van der Waals surface area contributed by atoms with Crippen LogP contribution in [0.3, 0.4) is 0 Å². The first-order valence-corrected chi connectivity index (χ1v) is 6.29. The molecule has 1 saturated heterocycles. The lowest BCUT2D eigenvalue weighted by atomic mass is 10.2. The van der Waals surface area contributed by atoms with Gasteiger partial charge in [-0.15, -0.1) is 0 Å². The normalized spacial score (nSPS) is 15.7. The first-order valence-electron chi connectivity index (χ1n) is 6.29. The lowest BCUT2D eigenvalue weighted by Gasteiger charge is -2.33. The van der Waals surface area contributed by atoms with Crippen molar-refractivity contribution in [1.29, 1.82) is 0 Å². The van der Waals surface area contributed by atoms with Gasteiger partial charge < -0.3 is 9.57 Å². The maximum atomic E-state index is 11.8. The molecule has 8 heteroatoms. The van der Waals surface area contributed by atoms with Gasteiger partial charge in [-0.3, -0.25) is 4.90 Å². The van der Waals surface area contributed by atoms with Crippen LogP contribution in [-0.4, -0.2) is 48.2 Å². The van der Waals surface area contributed by atoms with E-state index < -0.39 is 24.3 Å². The Balaban J connectivity index is 2.15. The second-order valence-corrected chi connectivity index (χ2v) is 5.55. The predicted molar refractivity (Wildman–Crippen MR) is 66.5 cm³/mol. The van der Waals surface area contributed by atoms with Gasteiger partial charge in [-0.1, -0.05) is 5.16 Å². The summed E-state index contributed by atoms with van der Waals surface area (Å²) < 4.78 is 40.7. The number of halogens is 3. The van der Waals surface area contributed by atoms with Crippen molar-refractivity contribution in [1.82, 2.24) is 4.90 Å². The second kappa shape index (κ2) is 6.32. The molecular weight excluding hydrogens is 277 g/mol. The van der Waals surface area contributed by atoms with Crippen LogP contribution in [0.25, 0.3) is 0 Å². The summed E-state index contributed by atoms with van der Waals surface area (Å²) in [6, 6.07) is 0. The molecule has 0 unspecified atom stereocenters. The topological polar surface area (TPSA) is 51.1 Å². The van der Waals surface area contributed by atoms with Crippen molar-refractivity contribution in [2.75, 3.05) is 19.7 Å². The molecule has 0 radical (unpaired) electrons. The fraction of sp³-hybridized carbons (Fsp3) is 0.833.